The SMILES string of the molecule is CCCc1oc(CN2CCCN(CC(=O)Nc3cccc(OC)c3)CC2)nc1-c1ccccc1. The van der Waals surface area contributed by atoms with Gasteiger partial charge in [0.2, 0.25) is 11.8 Å². The zero-order valence-corrected chi connectivity index (χ0v) is 20.1. The van der Waals surface area contributed by atoms with E-state index in [4.69, 9.17) is 14.1 Å². The maximum absolute atomic E-state index is 12.6. The first-order chi connectivity index (χ1) is 16.6. The molecule has 1 N–H and O–H groups in total. The van der Waals surface area contributed by atoms with Crippen molar-refractivity contribution in [3.05, 3.63) is 66.2 Å². The number of anilines is 1. The van der Waals surface area contributed by atoms with Gasteiger partial charge in [0.25, 0.3) is 0 Å². The van der Waals surface area contributed by atoms with Gasteiger partial charge < -0.3 is 14.5 Å². The van der Waals surface area contributed by atoms with Crippen LogP contribution in [0, 0.1) is 0 Å². The lowest BCUT2D eigenvalue weighted by molar-refractivity contribution is -0.117. The molecule has 34 heavy (non-hydrogen) atoms. The Morgan fingerprint density at radius 3 is 2.65 bits per heavy atom. The van der Waals surface area contributed by atoms with Crippen molar-refractivity contribution in [2.45, 2.75) is 32.7 Å². The lowest BCUT2D eigenvalue weighted by atomic mass is 10.1. The zero-order chi connectivity index (χ0) is 23.8. The minimum Gasteiger partial charge on any atom is -0.497 e. The zero-order valence-electron chi connectivity index (χ0n) is 20.1. The van der Waals surface area contributed by atoms with Crippen molar-refractivity contribution in [2.24, 2.45) is 0 Å². The van der Waals surface area contributed by atoms with Crippen molar-refractivity contribution in [1.82, 2.24) is 14.8 Å². The molecule has 0 spiro atoms. The molecule has 2 aromatic carbocycles. The van der Waals surface area contributed by atoms with Crippen LogP contribution in [0.25, 0.3) is 11.3 Å². The standard InChI is InChI=1S/C27H34N4O3/c1-3-9-24-27(21-10-5-4-6-11-21)29-26(34-24)20-31-15-8-14-30(16-17-31)19-25(32)28-22-12-7-13-23(18-22)33-2/h4-7,10-13,18H,3,8-9,14-17,19-20H2,1-2H3,(H,28,32). The number of aromatic nitrogens is 1. The van der Waals surface area contributed by atoms with Gasteiger partial charge in [-0.05, 0) is 38.1 Å². The number of nitrogens with zero attached hydrogens (tertiary/aromatic N) is 3. The second kappa shape index (κ2) is 11.8. The highest BCUT2D eigenvalue weighted by Gasteiger charge is 2.20. The van der Waals surface area contributed by atoms with Crippen LogP contribution in [0.15, 0.2) is 59.0 Å². The van der Waals surface area contributed by atoms with Gasteiger partial charge in [0.05, 0.1) is 20.2 Å². The largest absolute Gasteiger partial charge is 0.497 e. The molecule has 3 aromatic rings. The molecule has 7 nitrogen and oxygen atoms in total. The minimum atomic E-state index is -0.00823. The Balaban J connectivity index is 1.32. The highest BCUT2D eigenvalue weighted by Crippen LogP contribution is 2.26. The summed E-state index contributed by atoms with van der Waals surface area (Å²) in [5, 5.41) is 2.97. The fraction of sp³-hybridized carbons (Fsp3) is 0.407. The number of aryl methyl sites for hydroxylation is 1. The number of nitrogens with one attached hydrogen (secondary N) is 1. The molecule has 0 saturated carbocycles. The molecule has 1 aliphatic heterocycles. The summed E-state index contributed by atoms with van der Waals surface area (Å²) >= 11 is 0. The van der Waals surface area contributed by atoms with Gasteiger partial charge in [-0.25, -0.2) is 4.98 Å². The Morgan fingerprint density at radius 1 is 1.06 bits per heavy atom. The summed E-state index contributed by atoms with van der Waals surface area (Å²) in [7, 11) is 1.62. The number of methoxy groups -OCH3 is 1. The van der Waals surface area contributed by atoms with Gasteiger partial charge in [-0.2, -0.15) is 0 Å². The van der Waals surface area contributed by atoms with Gasteiger partial charge in [-0.15, -0.1) is 0 Å². The summed E-state index contributed by atoms with van der Waals surface area (Å²) in [5.74, 6) is 2.46. The molecule has 7 heteroatoms. The van der Waals surface area contributed by atoms with E-state index in [-0.39, 0.29) is 5.91 Å². The van der Waals surface area contributed by atoms with Crippen molar-refractivity contribution in [1.29, 1.82) is 0 Å². The summed E-state index contributed by atoms with van der Waals surface area (Å²) in [6.45, 7) is 6.78. The summed E-state index contributed by atoms with van der Waals surface area (Å²) in [4.78, 5) is 22.0. The van der Waals surface area contributed by atoms with E-state index in [0.29, 0.717) is 13.1 Å². The summed E-state index contributed by atoms with van der Waals surface area (Å²) in [6, 6.07) is 17.7. The number of amides is 1. The van der Waals surface area contributed by atoms with E-state index in [1.54, 1.807) is 7.11 Å². The first kappa shape index (κ1) is 24.0. The molecule has 0 bridgehead atoms. The van der Waals surface area contributed by atoms with Crippen molar-refractivity contribution in [2.75, 3.05) is 45.2 Å². The molecule has 1 saturated heterocycles. The van der Waals surface area contributed by atoms with Gasteiger partial charge in [-0.3, -0.25) is 14.6 Å². The summed E-state index contributed by atoms with van der Waals surface area (Å²) in [6.07, 6.45) is 2.90. The van der Waals surface area contributed by atoms with E-state index in [0.717, 1.165) is 79.8 Å². The second-order valence-corrected chi connectivity index (χ2v) is 8.68. The predicted molar refractivity (Wildman–Crippen MR) is 134 cm³/mol. The number of oxazole rings is 1. The highest BCUT2D eigenvalue weighted by atomic mass is 16.5. The quantitative estimate of drug-likeness (QED) is 0.507. The van der Waals surface area contributed by atoms with E-state index in [2.05, 4.69) is 34.2 Å². The van der Waals surface area contributed by atoms with E-state index in [1.165, 1.54) is 0 Å². The first-order valence-corrected chi connectivity index (χ1v) is 12.1. The maximum atomic E-state index is 12.6. The van der Waals surface area contributed by atoms with Crippen LogP contribution < -0.4 is 10.1 Å². The van der Waals surface area contributed by atoms with E-state index in [1.807, 2.05) is 42.5 Å². The Morgan fingerprint density at radius 2 is 1.85 bits per heavy atom. The molecule has 1 aliphatic rings. The molecular weight excluding hydrogens is 428 g/mol. The molecule has 1 fully saturated rings. The van der Waals surface area contributed by atoms with E-state index >= 15 is 0 Å². The van der Waals surface area contributed by atoms with Crippen LogP contribution in [-0.4, -0.2) is 60.5 Å². The van der Waals surface area contributed by atoms with Crippen molar-refractivity contribution in [3.63, 3.8) is 0 Å². The summed E-state index contributed by atoms with van der Waals surface area (Å²) < 4.78 is 11.4. The molecule has 2 heterocycles. The van der Waals surface area contributed by atoms with Gasteiger partial charge in [0.15, 0.2) is 0 Å². The van der Waals surface area contributed by atoms with Crippen LogP contribution in [0.2, 0.25) is 0 Å². The van der Waals surface area contributed by atoms with Crippen LogP contribution in [0.4, 0.5) is 5.69 Å². The van der Waals surface area contributed by atoms with Crippen LogP contribution in [0.5, 0.6) is 5.75 Å². The predicted octanol–water partition coefficient (Wildman–Crippen LogP) is 4.45. The minimum absolute atomic E-state index is 0.00823. The molecule has 0 atom stereocenters. The van der Waals surface area contributed by atoms with Gasteiger partial charge >= 0.3 is 0 Å². The Labute approximate surface area is 201 Å². The third-order valence-electron chi connectivity index (χ3n) is 6.03. The number of benzene rings is 2. The normalized spacial score (nSPS) is 15.1. The lowest BCUT2D eigenvalue weighted by Crippen LogP contribution is -2.36. The van der Waals surface area contributed by atoms with Crippen molar-refractivity contribution in [3.8, 4) is 17.0 Å². The second-order valence-electron chi connectivity index (χ2n) is 8.68. The van der Waals surface area contributed by atoms with Gasteiger partial charge in [0.1, 0.15) is 17.2 Å². The topological polar surface area (TPSA) is 70.8 Å². The fourth-order valence-corrected chi connectivity index (χ4v) is 4.32. The number of rotatable bonds is 9. The van der Waals surface area contributed by atoms with Crippen LogP contribution in [0.1, 0.15) is 31.4 Å². The van der Waals surface area contributed by atoms with Crippen LogP contribution >= 0.6 is 0 Å². The van der Waals surface area contributed by atoms with Crippen molar-refractivity contribution >= 4 is 11.6 Å². The van der Waals surface area contributed by atoms with E-state index < -0.39 is 0 Å². The Kier molecular flexibility index (Phi) is 8.33. The Hall–Kier alpha value is -3.16. The molecule has 4 rings (SSSR count). The monoisotopic (exact) mass is 462 g/mol. The number of hydrogen-bond acceptors (Lipinski definition) is 6. The average Bonchev–Trinajstić information content (AvgIpc) is 3.11. The van der Waals surface area contributed by atoms with Crippen LogP contribution in [-0.2, 0) is 17.8 Å². The molecule has 1 amide bonds. The maximum Gasteiger partial charge on any atom is 0.238 e. The molecular formula is C27H34N4O3. The number of carbonyl (C=O) groups is 1. The third kappa shape index (κ3) is 6.46. The number of hydrogen-bond donors (Lipinski definition) is 1. The van der Waals surface area contributed by atoms with Gasteiger partial charge in [0, 0.05) is 36.8 Å². The molecule has 180 valence electrons. The average molecular weight is 463 g/mol. The lowest BCUT2D eigenvalue weighted by Gasteiger charge is -2.20. The number of carbonyl (C=O) groups excluding carboxylic acids is 1. The smallest absolute Gasteiger partial charge is 0.238 e. The van der Waals surface area contributed by atoms with Crippen LogP contribution in [0.3, 0.4) is 0 Å². The van der Waals surface area contributed by atoms with Crippen molar-refractivity contribution < 1.29 is 13.9 Å². The number of ether oxygens (including phenoxy) is 1. The molecule has 0 radical (unpaired) electrons. The molecule has 0 unspecified atom stereocenters. The molecule has 0 aliphatic carbocycles. The fourth-order valence-electron chi connectivity index (χ4n) is 4.32. The third-order valence-corrected chi connectivity index (χ3v) is 6.03. The van der Waals surface area contributed by atoms with Gasteiger partial charge in [-0.1, -0.05) is 43.3 Å². The first-order valence-electron chi connectivity index (χ1n) is 12.1. The molecule has 1 aromatic heterocycles. The van der Waals surface area contributed by atoms with E-state index in [9.17, 15) is 4.79 Å². The summed E-state index contributed by atoms with van der Waals surface area (Å²) in [5.41, 5.74) is 2.81. The Bertz CT molecular complexity index is 1070. The highest BCUT2D eigenvalue weighted by molar-refractivity contribution is 5.92.